The SMILES string of the molecule is COc1ccc(C(C)=O)cc1CN1CCN(Cc2ccc(Br)s2)CC1. The van der Waals surface area contributed by atoms with Gasteiger partial charge in [-0.05, 0) is 53.2 Å². The number of carbonyl (C=O) groups excluding carboxylic acids is 1. The molecule has 0 amide bonds. The molecule has 2 aromatic rings. The van der Waals surface area contributed by atoms with Crippen LogP contribution >= 0.6 is 27.3 Å². The van der Waals surface area contributed by atoms with E-state index in [2.05, 4.69) is 37.9 Å². The molecule has 3 rings (SSSR count). The van der Waals surface area contributed by atoms with Gasteiger partial charge in [-0.15, -0.1) is 11.3 Å². The fourth-order valence-corrected chi connectivity index (χ4v) is 4.65. The van der Waals surface area contributed by atoms with Crippen LogP contribution in [0.3, 0.4) is 0 Å². The minimum atomic E-state index is 0.0934. The van der Waals surface area contributed by atoms with Crippen molar-refractivity contribution in [1.29, 1.82) is 0 Å². The lowest BCUT2D eigenvalue weighted by atomic mass is 10.1. The van der Waals surface area contributed by atoms with Crippen LogP contribution in [0.1, 0.15) is 27.7 Å². The number of rotatable bonds is 6. The van der Waals surface area contributed by atoms with Gasteiger partial charge in [0, 0.05) is 55.3 Å². The fraction of sp³-hybridized carbons (Fsp3) is 0.421. The number of piperazine rings is 1. The van der Waals surface area contributed by atoms with Crippen LogP contribution in [0.2, 0.25) is 0 Å². The van der Waals surface area contributed by atoms with Crippen molar-refractivity contribution in [3.63, 3.8) is 0 Å². The number of Topliss-reactive ketones (excluding diaryl/α,β-unsaturated/α-hetero) is 1. The molecule has 1 aromatic heterocycles. The molecule has 0 spiro atoms. The number of thiophene rings is 1. The van der Waals surface area contributed by atoms with Crippen molar-refractivity contribution in [2.24, 2.45) is 0 Å². The van der Waals surface area contributed by atoms with E-state index in [0.717, 1.165) is 56.1 Å². The summed E-state index contributed by atoms with van der Waals surface area (Å²) in [5.74, 6) is 0.951. The molecule has 0 radical (unpaired) electrons. The first-order chi connectivity index (χ1) is 12.0. The highest BCUT2D eigenvalue weighted by Crippen LogP contribution is 2.25. The Balaban J connectivity index is 1.58. The zero-order valence-electron chi connectivity index (χ0n) is 14.6. The molecule has 4 nitrogen and oxygen atoms in total. The van der Waals surface area contributed by atoms with Crippen LogP contribution in [-0.2, 0) is 13.1 Å². The average molecular weight is 423 g/mol. The molecule has 6 heteroatoms. The topological polar surface area (TPSA) is 32.8 Å². The second-order valence-electron chi connectivity index (χ2n) is 6.34. The molecule has 0 aliphatic carbocycles. The van der Waals surface area contributed by atoms with Crippen LogP contribution in [0.4, 0.5) is 0 Å². The number of hydrogen-bond acceptors (Lipinski definition) is 5. The summed E-state index contributed by atoms with van der Waals surface area (Å²) in [5, 5.41) is 0. The summed E-state index contributed by atoms with van der Waals surface area (Å²) in [6.45, 7) is 7.62. The maximum absolute atomic E-state index is 11.6. The van der Waals surface area contributed by atoms with Crippen molar-refractivity contribution in [2.45, 2.75) is 20.0 Å². The van der Waals surface area contributed by atoms with Crippen molar-refractivity contribution >= 4 is 33.0 Å². The van der Waals surface area contributed by atoms with Gasteiger partial charge < -0.3 is 4.74 Å². The molecule has 0 atom stereocenters. The highest BCUT2D eigenvalue weighted by atomic mass is 79.9. The summed E-state index contributed by atoms with van der Waals surface area (Å²) < 4.78 is 6.67. The molecule has 25 heavy (non-hydrogen) atoms. The summed E-state index contributed by atoms with van der Waals surface area (Å²) in [6, 6.07) is 10.0. The van der Waals surface area contributed by atoms with Crippen molar-refractivity contribution in [1.82, 2.24) is 9.80 Å². The van der Waals surface area contributed by atoms with E-state index in [4.69, 9.17) is 4.74 Å². The Kier molecular flexibility index (Phi) is 6.28. The third-order valence-corrected chi connectivity index (χ3v) is 6.16. The van der Waals surface area contributed by atoms with E-state index in [1.807, 2.05) is 18.2 Å². The number of nitrogens with zero attached hydrogens (tertiary/aromatic N) is 2. The highest BCUT2D eigenvalue weighted by molar-refractivity contribution is 9.11. The Labute approximate surface area is 161 Å². The molecule has 0 N–H and O–H groups in total. The number of hydrogen-bond donors (Lipinski definition) is 0. The Bertz CT molecular complexity index is 739. The molecule has 2 heterocycles. The van der Waals surface area contributed by atoms with Gasteiger partial charge in [0.05, 0.1) is 10.9 Å². The van der Waals surface area contributed by atoms with E-state index in [0.29, 0.717) is 0 Å². The summed E-state index contributed by atoms with van der Waals surface area (Å²) in [6.07, 6.45) is 0. The normalized spacial score (nSPS) is 16.1. The monoisotopic (exact) mass is 422 g/mol. The van der Waals surface area contributed by atoms with Gasteiger partial charge in [-0.2, -0.15) is 0 Å². The van der Waals surface area contributed by atoms with Crippen LogP contribution in [-0.4, -0.2) is 48.9 Å². The maximum atomic E-state index is 11.6. The van der Waals surface area contributed by atoms with Crippen LogP contribution in [0.5, 0.6) is 5.75 Å². The van der Waals surface area contributed by atoms with Gasteiger partial charge in [0.1, 0.15) is 5.75 Å². The molecule has 0 bridgehead atoms. The number of halogens is 1. The quantitative estimate of drug-likeness (QED) is 0.657. The lowest BCUT2D eigenvalue weighted by Gasteiger charge is -2.34. The number of carbonyl (C=O) groups is 1. The van der Waals surface area contributed by atoms with Crippen LogP contribution in [0.15, 0.2) is 34.1 Å². The zero-order valence-corrected chi connectivity index (χ0v) is 17.0. The first kappa shape index (κ1) is 18.6. The summed E-state index contributed by atoms with van der Waals surface area (Å²) >= 11 is 5.34. The maximum Gasteiger partial charge on any atom is 0.159 e. The lowest BCUT2D eigenvalue weighted by Crippen LogP contribution is -2.45. The zero-order chi connectivity index (χ0) is 17.8. The smallest absolute Gasteiger partial charge is 0.159 e. The average Bonchev–Trinajstić information content (AvgIpc) is 3.01. The third kappa shape index (κ3) is 4.91. The second-order valence-corrected chi connectivity index (χ2v) is 8.89. The van der Waals surface area contributed by atoms with E-state index < -0.39 is 0 Å². The molecule has 0 saturated carbocycles. The Morgan fingerprint density at radius 1 is 1.12 bits per heavy atom. The van der Waals surface area contributed by atoms with E-state index in [-0.39, 0.29) is 5.78 Å². The lowest BCUT2D eigenvalue weighted by molar-refractivity contribution is 0.101. The van der Waals surface area contributed by atoms with Gasteiger partial charge in [0.25, 0.3) is 0 Å². The molecule has 1 fully saturated rings. The van der Waals surface area contributed by atoms with Gasteiger partial charge in [0.2, 0.25) is 0 Å². The fourth-order valence-electron chi connectivity index (χ4n) is 3.12. The van der Waals surface area contributed by atoms with Crippen molar-refractivity contribution in [3.8, 4) is 5.75 Å². The number of benzene rings is 1. The predicted octanol–water partition coefficient (Wildman–Crippen LogP) is 4.04. The molecule has 1 aromatic carbocycles. The molecule has 0 unspecified atom stereocenters. The largest absolute Gasteiger partial charge is 0.496 e. The van der Waals surface area contributed by atoms with Gasteiger partial charge in [-0.25, -0.2) is 0 Å². The third-order valence-electron chi connectivity index (χ3n) is 4.55. The summed E-state index contributed by atoms with van der Waals surface area (Å²) in [7, 11) is 1.68. The Morgan fingerprint density at radius 3 is 2.36 bits per heavy atom. The van der Waals surface area contributed by atoms with Crippen LogP contribution in [0.25, 0.3) is 0 Å². The standard InChI is InChI=1S/C19H23BrN2O2S/c1-14(23)15-3-5-18(24-2)16(11-15)12-21-7-9-22(10-8-21)13-17-4-6-19(20)25-17/h3-6,11H,7-10,12-13H2,1-2H3. The van der Waals surface area contributed by atoms with Crippen molar-refractivity contribution in [2.75, 3.05) is 33.3 Å². The Morgan fingerprint density at radius 2 is 1.80 bits per heavy atom. The van der Waals surface area contributed by atoms with Gasteiger partial charge in [0.15, 0.2) is 5.78 Å². The summed E-state index contributed by atoms with van der Waals surface area (Å²) in [5.41, 5.74) is 1.84. The van der Waals surface area contributed by atoms with E-state index in [9.17, 15) is 4.79 Å². The van der Waals surface area contributed by atoms with Crippen molar-refractivity contribution in [3.05, 3.63) is 50.1 Å². The molecular weight excluding hydrogens is 400 g/mol. The number of ether oxygens (including phenoxy) is 1. The van der Waals surface area contributed by atoms with E-state index in [1.165, 1.54) is 8.66 Å². The molecule has 1 saturated heterocycles. The van der Waals surface area contributed by atoms with Gasteiger partial charge in [-0.3, -0.25) is 14.6 Å². The molecule has 1 aliphatic heterocycles. The minimum absolute atomic E-state index is 0.0934. The number of methoxy groups -OCH3 is 1. The predicted molar refractivity (Wildman–Crippen MR) is 106 cm³/mol. The first-order valence-corrected chi connectivity index (χ1v) is 10.0. The minimum Gasteiger partial charge on any atom is -0.496 e. The highest BCUT2D eigenvalue weighted by Gasteiger charge is 2.19. The molecule has 134 valence electrons. The first-order valence-electron chi connectivity index (χ1n) is 8.42. The van der Waals surface area contributed by atoms with Crippen molar-refractivity contribution < 1.29 is 9.53 Å². The molecule has 1 aliphatic rings. The number of ketones is 1. The molecular formula is C19H23BrN2O2S. The van der Waals surface area contributed by atoms with Crippen LogP contribution < -0.4 is 4.74 Å². The second kappa shape index (κ2) is 8.45. The summed E-state index contributed by atoms with van der Waals surface area (Å²) in [4.78, 5) is 18.0. The van der Waals surface area contributed by atoms with Gasteiger partial charge in [-0.1, -0.05) is 0 Å². The van der Waals surface area contributed by atoms with E-state index in [1.54, 1.807) is 25.4 Å². The Hall–Kier alpha value is -1.21. The van der Waals surface area contributed by atoms with Crippen LogP contribution in [0, 0.1) is 0 Å². The van der Waals surface area contributed by atoms with E-state index >= 15 is 0 Å². The van der Waals surface area contributed by atoms with Gasteiger partial charge >= 0.3 is 0 Å².